The van der Waals surface area contributed by atoms with Gasteiger partial charge in [0.2, 0.25) is 0 Å². The molecule has 2 aromatic rings. The lowest BCUT2D eigenvalue weighted by Crippen LogP contribution is -2.13. The molecule has 0 aliphatic carbocycles. The molecule has 1 N–H and O–H groups in total. The Morgan fingerprint density at radius 3 is 2.45 bits per heavy atom. The quantitative estimate of drug-likeness (QED) is 0.838. The SMILES string of the molecule is CCNCc1cccc(COc2ccc(CC)cc2)n1. The Morgan fingerprint density at radius 1 is 1.00 bits per heavy atom. The Balaban J connectivity index is 1.92. The number of aryl methyl sites for hydroxylation is 1. The van der Waals surface area contributed by atoms with Crippen LogP contribution < -0.4 is 10.1 Å². The van der Waals surface area contributed by atoms with Crippen LogP contribution >= 0.6 is 0 Å². The fraction of sp³-hybridized carbons (Fsp3) is 0.353. The molecule has 3 nitrogen and oxygen atoms in total. The summed E-state index contributed by atoms with van der Waals surface area (Å²) in [4.78, 5) is 4.57. The molecule has 0 aliphatic heterocycles. The van der Waals surface area contributed by atoms with E-state index in [1.54, 1.807) is 0 Å². The fourth-order valence-electron chi connectivity index (χ4n) is 1.94. The summed E-state index contributed by atoms with van der Waals surface area (Å²) in [5, 5.41) is 3.27. The van der Waals surface area contributed by atoms with E-state index in [1.165, 1.54) is 5.56 Å². The molecule has 20 heavy (non-hydrogen) atoms. The molecule has 0 spiro atoms. The first-order chi connectivity index (χ1) is 9.81. The van der Waals surface area contributed by atoms with Gasteiger partial charge in [-0.05, 0) is 42.8 Å². The molecule has 106 valence electrons. The summed E-state index contributed by atoms with van der Waals surface area (Å²) in [6.07, 6.45) is 1.05. The molecule has 1 aromatic carbocycles. The Hall–Kier alpha value is -1.87. The van der Waals surface area contributed by atoms with E-state index in [9.17, 15) is 0 Å². The molecule has 0 bridgehead atoms. The van der Waals surface area contributed by atoms with Crippen molar-refractivity contribution >= 4 is 0 Å². The summed E-state index contributed by atoms with van der Waals surface area (Å²) in [6.45, 7) is 6.50. The number of aromatic nitrogens is 1. The molecular weight excluding hydrogens is 248 g/mol. The van der Waals surface area contributed by atoms with Crippen LogP contribution in [0.2, 0.25) is 0 Å². The molecule has 0 atom stereocenters. The minimum absolute atomic E-state index is 0.505. The first-order valence-corrected chi connectivity index (χ1v) is 7.19. The average molecular weight is 270 g/mol. The van der Waals surface area contributed by atoms with E-state index in [2.05, 4.69) is 36.3 Å². The van der Waals surface area contributed by atoms with Crippen LogP contribution in [-0.2, 0) is 19.6 Å². The topological polar surface area (TPSA) is 34.1 Å². The highest BCUT2D eigenvalue weighted by Gasteiger charge is 2.00. The van der Waals surface area contributed by atoms with Crippen LogP contribution in [-0.4, -0.2) is 11.5 Å². The predicted octanol–water partition coefficient (Wildman–Crippen LogP) is 3.33. The maximum absolute atomic E-state index is 5.77. The first-order valence-electron chi connectivity index (χ1n) is 7.19. The van der Waals surface area contributed by atoms with Gasteiger partial charge in [-0.3, -0.25) is 4.98 Å². The van der Waals surface area contributed by atoms with Crippen molar-refractivity contribution in [3.8, 4) is 5.75 Å². The second-order valence-electron chi connectivity index (χ2n) is 4.69. The molecular formula is C17H22N2O. The van der Waals surface area contributed by atoms with Crippen molar-refractivity contribution in [1.82, 2.24) is 10.3 Å². The second kappa shape index (κ2) is 7.65. The molecule has 0 radical (unpaired) electrons. The van der Waals surface area contributed by atoms with Crippen molar-refractivity contribution < 1.29 is 4.74 Å². The van der Waals surface area contributed by atoms with E-state index in [0.29, 0.717) is 6.61 Å². The number of pyridine rings is 1. The molecule has 0 saturated heterocycles. The highest BCUT2D eigenvalue weighted by molar-refractivity contribution is 5.27. The summed E-state index contributed by atoms with van der Waals surface area (Å²) in [5.74, 6) is 0.890. The van der Waals surface area contributed by atoms with Gasteiger partial charge in [0.25, 0.3) is 0 Å². The van der Waals surface area contributed by atoms with Crippen LogP contribution in [0.1, 0.15) is 30.8 Å². The van der Waals surface area contributed by atoms with Crippen molar-refractivity contribution in [2.75, 3.05) is 6.54 Å². The van der Waals surface area contributed by atoms with Gasteiger partial charge in [0.15, 0.2) is 0 Å². The van der Waals surface area contributed by atoms with Crippen LogP contribution in [0.15, 0.2) is 42.5 Å². The second-order valence-corrected chi connectivity index (χ2v) is 4.69. The van der Waals surface area contributed by atoms with Crippen LogP contribution in [0.4, 0.5) is 0 Å². The smallest absolute Gasteiger partial charge is 0.130 e. The zero-order valence-corrected chi connectivity index (χ0v) is 12.2. The van der Waals surface area contributed by atoms with Crippen LogP contribution in [0.5, 0.6) is 5.75 Å². The maximum atomic E-state index is 5.77. The Morgan fingerprint density at radius 2 is 1.75 bits per heavy atom. The van der Waals surface area contributed by atoms with Gasteiger partial charge < -0.3 is 10.1 Å². The van der Waals surface area contributed by atoms with E-state index < -0.39 is 0 Å². The molecule has 0 saturated carbocycles. The van der Waals surface area contributed by atoms with Gasteiger partial charge in [-0.2, -0.15) is 0 Å². The number of nitrogens with zero attached hydrogens (tertiary/aromatic N) is 1. The van der Waals surface area contributed by atoms with Crippen molar-refractivity contribution in [2.24, 2.45) is 0 Å². The minimum atomic E-state index is 0.505. The van der Waals surface area contributed by atoms with Crippen LogP contribution in [0.3, 0.4) is 0 Å². The largest absolute Gasteiger partial charge is 0.487 e. The highest BCUT2D eigenvalue weighted by atomic mass is 16.5. The predicted molar refractivity (Wildman–Crippen MR) is 81.8 cm³/mol. The summed E-state index contributed by atoms with van der Waals surface area (Å²) < 4.78 is 5.77. The summed E-state index contributed by atoms with van der Waals surface area (Å²) in [7, 11) is 0. The lowest BCUT2D eigenvalue weighted by Gasteiger charge is -2.08. The van der Waals surface area contributed by atoms with Gasteiger partial charge in [-0.1, -0.05) is 32.0 Å². The van der Waals surface area contributed by atoms with Crippen LogP contribution in [0, 0.1) is 0 Å². The number of hydrogen-bond acceptors (Lipinski definition) is 3. The van der Waals surface area contributed by atoms with Gasteiger partial charge in [0.1, 0.15) is 12.4 Å². The lowest BCUT2D eigenvalue weighted by molar-refractivity contribution is 0.301. The fourth-order valence-corrected chi connectivity index (χ4v) is 1.94. The van der Waals surface area contributed by atoms with Gasteiger partial charge >= 0.3 is 0 Å². The molecule has 0 fully saturated rings. The average Bonchev–Trinajstić information content (AvgIpc) is 2.52. The standard InChI is InChI=1S/C17H22N2O/c1-3-14-8-10-17(11-9-14)20-13-16-7-5-6-15(19-16)12-18-4-2/h5-11,18H,3-4,12-13H2,1-2H3. The normalized spacial score (nSPS) is 10.5. The highest BCUT2D eigenvalue weighted by Crippen LogP contribution is 2.14. The van der Waals surface area contributed by atoms with E-state index in [4.69, 9.17) is 4.74 Å². The molecule has 3 heteroatoms. The monoisotopic (exact) mass is 270 g/mol. The molecule has 1 aromatic heterocycles. The number of ether oxygens (including phenoxy) is 1. The van der Waals surface area contributed by atoms with E-state index in [0.717, 1.165) is 36.6 Å². The van der Waals surface area contributed by atoms with Gasteiger partial charge in [-0.25, -0.2) is 0 Å². The summed E-state index contributed by atoms with van der Waals surface area (Å²) in [5.41, 5.74) is 3.33. The van der Waals surface area contributed by atoms with Crippen molar-refractivity contribution in [1.29, 1.82) is 0 Å². The van der Waals surface area contributed by atoms with Crippen LogP contribution in [0.25, 0.3) is 0 Å². The summed E-state index contributed by atoms with van der Waals surface area (Å²) >= 11 is 0. The Labute approximate surface area is 121 Å². The molecule has 0 unspecified atom stereocenters. The number of hydrogen-bond donors (Lipinski definition) is 1. The van der Waals surface area contributed by atoms with E-state index in [1.807, 2.05) is 30.3 Å². The third kappa shape index (κ3) is 4.35. The number of benzene rings is 1. The van der Waals surface area contributed by atoms with E-state index >= 15 is 0 Å². The van der Waals surface area contributed by atoms with Gasteiger partial charge in [-0.15, -0.1) is 0 Å². The molecule has 0 amide bonds. The van der Waals surface area contributed by atoms with Gasteiger partial charge in [0, 0.05) is 6.54 Å². The minimum Gasteiger partial charge on any atom is -0.487 e. The first kappa shape index (κ1) is 14.5. The summed E-state index contributed by atoms with van der Waals surface area (Å²) in [6, 6.07) is 14.3. The molecule has 1 heterocycles. The zero-order chi connectivity index (χ0) is 14.2. The third-order valence-corrected chi connectivity index (χ3v) is 3.14. The Kier molecular flexibility index (Phi) is 5.56. The number of nitrogens with one attached hydrogen (secondary N) is 1. The zero-order valence-electron chi connectivity index (χ0n) is 12.2. The molecule has 0 aliphatic rings. The lowest BCUT2D eigenvalue weighted by atomic mass is 10.2. The van der Waals surface area contributed by atoms with Gasteiger partial charge in [0.05, 0.1) is 11.4 Å². The third-order valence-electron chi connectivity index (χ3n) is 3.14. The van der Waals surface area contributed by atoms with Crippen molar-refractivity contribution in [3.05, 3.63) is 59.4 Å². The van der Waals surface area contributed by atoms with Crippen molar-refractivity contribution in [2.45, 2.75) is 33.4 Å². The maximum Gasteiger partial charge on any atom is 0.130 e. The molecule has 2 rings (SSSR count). The van der Waals surface area contributed by atoms with E-state index in [-0.39, 0.29) is 0 Å². The Bertz CT molecular complexity index is 523. The van der Waals surface area contributed by atoms with Crippen molar-refractivity contribution in [3.63, 3.8) is 0 Å². The number of rotatable bonds is 7.